The Kier molecular flexibility index (Phi) is 6.22. The van der Waals surface area contributed by atoms with Gasteiger partial charge in [-0.15, -0.1) is 0 Å². The molecule has 2 rings (SSSR count). The van der Waals surface area contributed by atoms with E-state index in [1.54, 1.807) is 11.9 Å². The molecule has 1 aliphatic rings. The van der Waals surface area contributed by atoms with E-state index in [1.807, 2.05) is 0 Å². The Bertz CT molecular complexity index is 462. The minimum atomic E-state index is 0.652. The van der Waals surface area contributed by atoms with Gasteiger partial charge in [0.1, 0.15) is 0 Å². The van der Waals surface area contributed by atoms with Crippen molar-refractivity contribution >= 4 is 11.9 Å². The molecule has 0 saturated heterocycles. The minimum Gasteiger partial charge on any atom is -0.385 e. The van der Waals surface area contributed by atoms with Crippen molar-refractivity contribution in [1.29, 1.82) is 0 Å². The highest BCUT2D eigenvalue weighted by Gasteiger charge is 2.03. The summed E-state index contributed by atoms with van der Waals surface area (Å²) in [5.74, 6) is 0.652. The van der Waals surface area contributed by atoms with Crippen LogP contribution in [-0.2, 0) is 0 Å². The summed E-state index contributed by atoms with van der Waals surface area (Å²) in [5.41, 5.74) is 2.74. The van der Waals surface area contributed by atoms with Gasteiger partial charge in [-0.2, -0.15) is 0 Å². The Balaban J connectivity index is 1.71. The molecule has 0 spiro atoms. The lowest BCUT2D eigenvalue weighted by Crippen LogP contribution is -2.18. The van der Waals surface area contributed by atoms with Crippen LogP contribution in [0, 0.1) is 0 Å². The maximum atomic E-state index is 3.42. The van der Waals surface area contributed by atoms with Crippen LogP contribution < -0.4 is 10.0 Å². The Morgan fingerprint density at radius 2 is 2.10 bits per heavy atom. The van der Waals surface area contributed by atoms with Crippen LogP contribution in [0.3, 0.4) is 0 Å². The summed E-state index contributed by atoms with van der Waals surface area (Å²) in [5, 5.41) is 3.37. The van der Waals surface area contributed by atoms with Gasteiger partial charge in [-0.3, -0.25) is 4.72 Å². The number of rotatable bonds is 7. The van der Waals surface area contributed by atoms with Gasteiger partial charge < -0.3 is 5.32 Å². The molecule has 3 heteroatoms. The number of hydrogen-bond donors (Lipinski definition) is 2. The summed E-state index contributed by atoms with van der Waals surface area (Å²) in [6.45, 7) is 6.44. The molecule has 1 heterocycles. The molecule has 0 aromatic heterocycles. The van der Waals surface area contributed by atoms with Crippen molar-refractivity contribution in [2.24, 2.45) is 0 Å². The molecular formula is C17H24N2S. The molecule has 1 aromatic carbocycles. The van der Waals surface area contributed by atoms with Gasteiger partial charge in [-0.05, 0) is 48.1 Å². The van der Waals surface area contributed by atoms with Gasteiger partial charge >= 0.3 is 0 Å². The van der Waals surface area contributed by atoms with Crippen LogP contribution in [0.2, 0.25) is 0 Å². The predicted octanol–water partition coefficient (Wildman–Crippen LogP) is 4.23. The zero-order valence-electron chi connectivity index (χ0n) is 12.4. The molecule has 2 N–H and O–H groups in total. The molecule has 0 saturated carbocycles. The largest absolute Gasteiger partial charge is 0.385 e. The molecular weight excluding hydrogens is 264 g/mol. The molecule has 1 unspecified atom stereocenters. The monoisotopic (exact) mass is 288 g/mol. The molecule has 0 fully saturated rings. The van der Waals surface area contributed by atoms with Crippen LogP contribution in [-0.4, -0.2) is 13.1 Å². The first-order chi connectivity index (χ1) is 9.79. The smallest absolute Gasteiger partial charge is 0.0330 e. The van der Waals surface area contributed by atoms with E-state index in [4.69, 9.17) is 0 Å². The van der Waals surface area contributed by atoms with E-state index >= 15 is 0 Å². The van der Waals surface area contributed by atoms with Gasteiger partial charge in [0.05, 0.1) is 0 Å². The zero-order chi connectivity index (χ0) is 14.2. The predicted molar refractivity (Wildman–Crippen MR) is 88.9 cm³/mol. The standard InChI is InChI=1S/C17H24N2S/c1-3-14(2)15-7-9-17(10-8-15)20-19-13-11-16-6-4-5-12-18-16/h4-10,14,18-19H,3,11-13H2,1-2H3. The van der Waals surface area contributed by atoms with Crippen molar-refractivity contribution in [2.75, 3.05) is 13.1 Å². The van der Waals surface area contributed by atoms with Crippen LogP contribution in [0.4, 0.5) is 0 Å². The first kappa shape index (κ1) is 15.2. The van der Waals surface area contributed by atoms with E-state index < -0.39 is 0 Å². The van der Waals surface area contributed by atoms with Gasteiger partial charge in [0.2, 0.25) is 0 Å². The van der Waals surface area contributed by atoms with E-state index in [-0.39, 0.29) is 0 Å². The Hall–Kier alpha value is -1.19. The fourth-order valence-electron chi connectivity index (χ4n) is 2.09. The zero-order valence-corrected chi connectivity index (χ0v) is 13.2. The quantitative estimate of drug-likeness (QED) is 0.580. The lowest BCUT2D eigenvalue weighted by Gasteiger charge is -2.12. The molecule has 1 aliphatic heterocycles. The molecule has 108 valence electrons. The van der Waals surface area contributed by atoms with Crippen molar-refractivity contribution in [3.63, 3.8) is 0 Å². The van der Waals surface area contributed by atoms with Crippen LogP contribution in [0.25, 0.3) is 0 Å². The Labute approximate surface area is 126 Å². The number of hydrogen-bond acceptors (Lipinski definition) is 3. The normalized spacial score (nSPS) is 15.6. The SMILES string of the molecule is CCC(C)c1ccc(SNCCC2=CC=CCN2)cc1. The van der Waals surface area contributed by atoms with E-state index in [1.165, 1.54) is 22.6 Å². The molecule has 0 bridgehead atoms. The lowest BCUT2D eigenvalue weighted by atomic mass is 9.99. The fourth-order valence-corrected chi connectivity index (χ4v) is 2.74. The van der Waals surface area contributed by atoms with Gasteiger partial charge in [0, 0.05) is 30.1 Å². The van der Waals surface area contributed by atoms with Crippen molar-refractivity contribution in [3.05, 3.63) is 53.8 Å². The third kappa shape index (κ3) is 4.73. The highest BCUT2D eigenvalue weighted by atomic mass is 32.2. The van der Waals surface area contributed by atoms with Crippen LogP contribution >= 0.6 is 11.9 Å². The molecule has 2 nitrogen and oxygen atoms in total. The second-order valence-corrected chi connectivity index (χ2v) is 6.09. The van der Waals surface area contributed by atoms with E-state index in [2.05, 4.69) is 66.4 Å². The minimum absolute atomic E-state index is 0.652. The summed E-state index contributed by atoms with van der Waals surface area (Å²) < 4.78 is 3.42. The molecule has 20 heavy (non-hydrogen) atoms. The summed E-state index contributed by atoms with van der Waals surface area (Å²) in [6, 6.07) is 8.91. The van der Waals surface area contributed by atoms with Crippen LogP contribution in [0.1, 0.15) is 38.2 Å². The van der Waals surface area contributed by atoms with Crippen molar-refractivity contribution < 1.29 is 0 Å². The highest BCUT2D eigenvalue weighted by Crippen LogP contribution is 2.22. The Morgan fingerprint density at radius 1 is 1.30 bits per heavy atom. The molecule has 0 radical (unpaired) electrons. The molecule has 1 aromatic rings. The maximum Gasteiger partial charge on any atom is 0.0330 e. The summed E-state index contributed by atoms with van der Waals surface area (Å²) in [4.78, 5) is 1.28. The van der Waals surface area contributed by atoms with Gasteiger partial charge in [0.15, 0.2) is 0 Å². The van der Waals surface area contributed by atoms with Crippen molar-refractivity contribution in [3.8, 4) is 0 Å². The molecule has 0 amide bonds. The molecule has 1 atom stereocenters. The second-order valence-electron chi connectivity index (χ2n) is 5.13. The third-order valence-corrected chi connectivity index (χ3v) is 4.48. The number of dihydropyridines is 1. The van der Waals surface area contributed by atoms with Crippen molar-refractivity contribution in [1.82, 2.24) is 10.0 Å². The van der Waals surface area contributed by atoms with Gasteiger partial charge in [-0.25, -0.2) is 0 Å². The second kappa shape index (κ2) is 8.18. The lowest BCUT2D eigenvalue weighted by molar-refractivity contribution is 0.733. The highest BCUT2D eigenvalue weighted by molar-refractivity contribution is 7.97. The summed E-state index contributed by atoms with van der Waals surface area (Å²) in [7, 11) is 0. The van der Waals surface area contributed by atoms with E-state index in [0.29, 0.717) is 5.92 Å². The number of allylic oxidation sites excluding steroid dienone is 2. The molecule has 0 aliphatic carbocycles. The van der Waals surface area contributed by atoms with Crippen LogP contribution in [0.15, 0.2) is 53.1 Å². The van der Waals surface area contributed by atoms with E-state index in [0.717, 1.165) is 19.5 Å². The van der Waals surface area contributed by atoms with Gasteiger partial charge in [0.25, 0.3) is 0 Å². The van der Waals surface area contributed by atoms with Gasteiger partial charge in [-0.1, -0.05) is 38.1 Å². The topological polar surface area (TPSA) is 24.1 Å². The van der Waals surface area contributed by atoms with E-state index in [9.17, 15) is 0 Å². The maximum absolute atomic E-state index is 3.42. The van der Waals surface area contributed by atoms with Crippen molar-refractivity contribution in [2.45, 2.75) is 37.5 Å². The third-order valence-electron chi connectivity index (χ3n) is 3.63. The summed E-state index contributed by atoms with van der Waals surface area (Å²) >= 11 is 1.71. The summed E-state index contributed by atoms with van der Waals surface area (Å²) in [6.07, 6.45) is 8.64. The fraction of sp³-hybridized carbons (Fsp3) is 0.412. The first-order valence-corrected chi connectivity index (χ1v) is 8.20. The first-order valence-electron chi connectivity index (χ1n) is 7.39. The number of benzene rings is 1. The Morgan fingerprint density at radius 3 is 2.75 bits per heavy atom. The average molecular weight is 288 g/mol. The average Bonchev–Trinajstić information content (AvgIpc) is 2.52. The number of nitrogens with one attached hydrogen (secondary N) is 2. The van der Waals surface area contributed by atoms with Crippen LogP contribution in [0.5, 0.6) is 0 Å².